The summed E-state index contributed by atoms with van der Waals surface area (Å²) in [5.41, 5.74) is 13.4. The predicted octanol–water partition coefficient (Wildman–Crippen LogP) is 2.75. The largest absolute Gasteiger partial charge is 0.445 e. The summed E-state index contributed by atoms with van der Waals surface area (Å²) < 4.78 is 8.55. The van der Waals surface area contributed by atoms with Gasteiger partial charge in [-0.05, 0) is 30.3 Å². The van der Waals surface area contributed by atoms with Crippen molar-refractivity contribution >= 4 is 28.5 Å². The van der Waals surface area contributed by atoms with E-state index in [1.54, 1.807) is 35.4 Å². The molecular weight excluding hydrogens is 496 g/mol. The molecule has 0 aliphatic heterocycles. The van der Waals surface area contributed by atoms with Crippen LogP contribution >= 0.6 is 0 Å². The number of amides is 1. The molecule has 0 fully saturated rings. The minimum atomic E-state index is -0.619. The van der Waals surface area contributed by atoms with Gasteiger partial charge in [-0.3, -0.25) is 19.1 Å². The van der Waals surface area contributed by atoms with Gasteiger partial charge in [0.05, 0.1) is 11.3 Å². The van der Waals surface area contributed by atoms with Crippen molar-refractivity contribution in [2.75, 3.05) is 5.73 Å². The van der Waals surface area contributed by atoms with Crippen LogP contribution in [0.3, 0.4) is 0 Å². The Kier molecular flexibility index (Phi) is 6.83. The lowest BCUT2D eigenvalue weighted by Gasteiger charge is -2.10. The van der Waals surface area contributed by atoms with Crippen LogP contribution in [-0.2, 0) is 6.42 Å². The first kappa shape index (κ1) is 24.9. The van der Waals surface area contributed by atoms with E-state index in [4.69, 9.17) is 15.9 Å². The standard InChI is InChI=1S/C21H15N3O2.C7H7N5O/c1-2-18-23-20-19(21(25)24(18)17-6-4-3-5-7-17)16(14-26-20)9-8-15-10-12-22-13-11-15;8-5-4(6(9)13)7-10-2-1-3-12(7)11-5/h3-7,10-14H,2H2,1H3;1-3H,(H2,8,11)(H2,9,13). The summed E-state index contributed by atoms with van der Waals surface area (Å²) in [6.07, 6.45) is 8.64. The third-order valence-corrected chi connectivity index (χ3v) is 5.70. The zero-order valence-corrected chi connectivity index (χ0v) is 20.8. The monoisotopic (exact) mass is 518 g/mol. The average Bonchev–Trinajstić information content (AvgIpc) is 3.53. The summed E-state index contributed by atoms with van der Waals surface area (Å²) in [6, 6.07) is 14.8. The summed E-state index contributed by atoms with van der Waals surface area (Å²) in [4.78, 5) is 36.6. The van der Waals surface area contributed by atoms with Gasteiger partial charge in [0.2, 0.25) is 5.71 Å². The Hall–Kier alpha value is -5.76. The molecule has 5 aromatic heterocycles. The summed E-state index contributed by atoms with van der Waals surface area (Å²) >= 11 is 0. The number of aromatic nitrogens is 6. The zero-order chi connectivity index (χ0) is 27.4. The van der Waals surface area contributed by atoms with Crippen LogP contribution in [0, 0.1) is 11.8 Å². The van der Waals surface area contributed by atoms with E-state index in [0.717, 1.165) is 11.3 Å². The van der Waals surface area contributed by atoms with Crippen molar-refractivity contribution in [1.82, 2.24) is 29.1 Å². The molecule has 0 aliphatic rings. The number of hydrogen-bond acceptors (Lipinski definition) is 8. The second-order valence-electron chi connectivity index (χ2n) is 8.19. The molecule has 0 saturated heterocycles. The number of nitrogens with zero attached hydrogens (tertiary/aromatic N) is 6. The third-order valence-electron chi connectivity index (χ3n) is 5.70. The van der Waals surface area contributed by atoms with E-state index in [-0.39, 0.29) is 16.9 Å². The third kappa shape index (κ3) is 4.94. The number of aryl methyl sites for hydroxylation is 1. The van der Waals surface area contributed by atoms with E-state index in [1.165, 1.54) is 10.8 Å². The lowest BCUT2D eigenvalue weighted by molar-refractivity contribution is 0.100. The number of nitrogens with two attached hydrogens (primary N) is 2. The first-order valence-electron chi connectivity index (χ1n) is 11.9. The second-order valence-corrected chi connectivity index (χ2v) is 8.19. The minimum absolute atomic E-state index is 0.103. The normalized spacial score (nSPS) is 10.5. The molecule has 0 radical (unpaired) electrons. The quantitative estimate of drug-likeness (QED) is 0.338. The van der Waals surface area contributed by atoms with E-state index in [2.05, 4.69) is 31.9 Å². The molecule has 1 amide bonds. The van der Waals surface area contributed by atoms with Crippen LogP contribution < -0.4 is 17.0 Å². The van der Waals surface area contributed by atoms with E-state index in [0.29, 0.717) is 34.6 Å². The maximum Gasteiger partial charge on any atom is 0.270 e. The Morgan fingerprint density at radius 2 is 1.82 bits per heavy atom. The van der Waals surface area contributed by atoms with Crippen molar-refractivity contribution in [3.05, 3.63) is 112 Å². The summed E-state index contributed by atoms with van der Waals surface area (Å²) in [5.74, 6) is 6.18. The summed E-state index contributed by atoms with van der Waals surface area (Å²) in [5, 5.41) is 4.26. The highest BCUT2D eigenvalue weighted by Crippen LogP contribution is 2.18. The molecule has 4 N–H and O–H groups in total. The number of anilines is 1. The number of carbonyl (C=O) groups excluding carboxylic acids is 1. The van der Waals surface area contributed by atoms with E-state index >= 15 is 0 Å². The fourth-order valence-electron chi connectivity index (χ4n) is 3.92. The van der Waals surface area contributed by atoms with Gasteiger partial charge in [0.15, 0.2) is 11.5 Å². The van der Waals surface area contributed by atoms with Gasteiger partial charge in [-0.25, -0.2) is 9.50 Å². The van der Waals surface area contributed by atoms with Crippen LogP contribution in [0.4, 0.5) is 5.82 Å². The van der Waals surface area contributed by atoms with Crippen molar-refractivity contribution in [2.45, 2.75) is 13.3 Å². The van der Waals surface area contributed by atoms with Crippen LogP contribution in [-0.4, -0.2) is 35.0 Å². The molecule has 0 unspecified atom stereocenters. The number of carbonyl (C=O) groups is 1. The topological polar surface area (TPSA) is 160 Å². The number of rotatable bonds is 3. The molecule has 0 aliphatic carbocycles. The van der Waals surface area contributed by atoms with E-state index in [1.807, 2.05) is 49.4 Å². The Morgan fingerprint density at radius 1 is 1.05 bits per heavy atom. The molecule has 11 nitrogen and oxygen atoms in total. The van der Waals surface area contributed by atoms with Crippen molar-refractivity contribution in [1.29, 1.82) is 0 Å². The molecule has 0 atom stereocenters. The van der Waals surface area contributed by atoms with Crippen molar-refractivity contribution in [3.8, 4) is 17.5 Å². The average molecular weight is 519 g/mol. The Labute approximate surface area is 221 Å². The first-order valence-corrected chi connectivity index (χ1v) is 11.9. The molecule has 11 heteroatoms. The number of furan rings is 1. The van der Waals surface area contributed by atoms with Gasteiger partial charge in [-0.2, -0.15) is 4.98 Å². The lowest BCUT2D eigenvalue weighted by atomic mass is 10.2. The van der Waals surface area contributed by atoms with Gasteiger partial charge < -0.3 is 15.9 Å². The molecule has 0 bridgehead atoms. The minimum Gasteiger partial charge on any atom is -0.445 e. The van der Waals surface area contributed by atoms with Gasteiger partial charge in [0, 0.05) is 36.8 Å². The first-order chi connectivity index (χ1) is 19.0. The number of benzene rings is 1. The van der Waals surface area contributed by atoms with Gasteiger partial charge in [-0.1, -0.05) is 37.0 Å². The van der Waals surface area contributed by atoms with Gasteiger partial charge >= 0.3 is 0 Å². The molecule has 6 aromatic rings. The van der Waals surface area contributed by atoms with Crippen molar-refractivity contribution in [2.24, 2.45) is 5.73 Å². The highest BCUT2D eigenvalue weighted by molar-refractivity contribution is 6.03. The second kappa shape index (κ2) is 10.7. The van der Waals surface area contributed by atoms with E-state index < -0.39 is 5.91 Å². The fourth-order valence-corrected chi connectivity index (χ4v) is 3.92. The number of pyridine rings is 1. The van der Waals surface area contributed by atoms with Gasteiger partial charge in [0.1, 0.15) is 23.0 Å². The molecule has 39 heavy (non-hydrogen) atoms. The molecule has 5 heterocycles. The van der Waals surface area contributed by atoms with Crippen LogP contribution in [0.5, 0.6) is 0 Å². The molecule has 0 spiro atoms. The van der Waals surface area contributed by atoms with Crippen molar-refractivity contribution < 1.29 is 9.21 Å². The SMILES string of the molecule is CCc1nc2occ(C#Cc3ccncc3)c2c(=O)n1-c1ccccc1.NC(=O)c1c(N)nn2cccnc12. The Bertz CT molecular complexity index is 1910. The number of fused-ring (bicyclic) bond motifs is 2. The highest BCUT2D eigenvalue weighted by atomic mass is 16.3. The Morgan fingerprint density at radius 3 is 2.54 bits per heavy atom. The maximum absolute atomic E-state index is 13.2. The molecular formula is C28H22N8O3. The summed E-state index contributed by atoms with van der Waals surface area (Å²) in [7, 11) is 0. The smallest absolute Gasteiger partial charge is 0.270 e. The van der Waals surface area contributed by atoms with Crippen LogP contribution in [0.1, 0.15) is 34.2 Å². The number of nitrogen functional groups attached to an aromatic ring is 1. The van der Waals surface area contributed by atoms with Gasteiger partial charge in [-0.15, -0.1) is 5.10 Å². The number of primary amides is 1. The fraction of sp³-hybridized carbons (Fsp3) is 0.0714. The zero-order valence-electron chi connectivity index (χ0n) is 20.8. The van der Waals surface area contributed by atoms with Gasteiger partial charge in [0.25, 0.3) is 11.5 Å². The lowest BCUT2D eigenvalue weighted by Crippen LogP contribution is -2.23. The van der Waals surface area contributed by atoms with Crippen LogP contribution in [0.2, 0.25) is 0 Å². The number of para-hydroxylation sites is 1. The van der Waals surface area contributed by atoms with E-state index in [9.17, 15) is 9.59 Å². The maximum atomic E-state index is 13.2. The van der Waals surface area contributed by atoms with Crippen LogP contribution in [0.15, 0.2) is 88.8 Å². The van der Waals surface area contributed by atoms with Crippen molar-refractivity contribution in [3.63, 3.8) is 0 Å². The highest BCUT2D eigenvalue weighted by Gasteiger charge is 2.17. The summed E-state index contributed by atoms with van der Waals surface area (Å²) in [6.45, 7) is 1.96. The predicted molar refractivity (Wildman–Crippen MR) is 145 cm³/mol. The molecule has 0 saturated carbocycles. The number of hydrogen-bond donors (Lipinski definition) is 2. The Balaban J connectivity index is 0.000000198. The molecule has 6 rings (SSSR count). The molecule has 1 aromatic carbocycles. The molecule has 192 valence electrons. The van der Waals surface area contributed by atoms with Crippen LogP contribution in [0.25, 0.3) is 22.4 Å².